The van der Waals surface area contributed by atoms with E-state index in [1.54, 1.807) is 0 Å². The number of esters is 3. The monoisotopic (exact) mass is 843 g/mol. The summed E-state index contributed by atoms with van der Waals surface area (Å²) in [4.78, 5) is 37.8. The van der Waals surface area contributed by atoms with Gasteiger partial charge in [0, 0.05) is 19.3 Å². The van der Waals surface area contributed by atoms with Crippen LogP contribution < -0.4 is 0 Å². The molecule has 0 spiro atoms. The van der Waals surface area contributed by atoms with Gasteiger partial charge in [0.2, 0.25) is 0 Å². The first-order valence-corrected chi connectivity index (χ1v) is 24.1. The fraction of sp³-hybridized carbons (Fsp3) is 0.582. The zero-order valence-electron chi connectivity index (χ0n) is 38.9. The molecule has 0 aromatic heterocycles. The van der Waals surface area contributed by atoms with Crippen LogP contribution in [0, 0.1) is 0 Å². The second-order valence-electron chi connectivity index (χ2n) is 15.4. The van der Waals surface area contributed by atoms with Gasteiger partial charge in [-0.2, -0.15) is 0 Å². The number of carbonyl (C=O) groups excluding carboxylic acids is 3. The molecular formula is C55H86O6. The molecule has 0 rings (SSSR count). The van der Waals surface area contributed by atoms with Gasteiger partial charge in [-0.15, -0.1) is 0 Å². The predicted octanol–water partition coefficient (Wildman–Crippen LogP) is 15.7. The highest BCUT2D eigenvalue weighted by atomic mass is 16.6. The molecule has 0 amide bonds. The van der Waals surface area contributed by atoms with Crippen molar-refractivity contribution in [3.8, 4) is 0 Å². The lowest BCUT2D eigenvalue weighted by atomic mass is 10.1. The second kappa shape index (κ2) is 48.5. The van der Waals surface area contributed by atoms with Gasteiger partial charge < -0.3 is 14.2 Å². The number of hydrogen-bond acceptors (Lipinski definition) is 6. The van der Waals surface area contributed by atoms with E-state index in [0.29, 0.717) is 19.3 Å². The van der Waals surface area contributed by atoms with Crippen molar-refractivity contribution in [2.24, 2.45) is 0 Å². The van der Waals surface area contributed by atoms with Crippen LogP contribution in [0.1, 0.15) is 188 Å². The molecule has 6 heteroatoms. The molecule has 0 radical (unpaired) electrons. The number of unbranched alkanes of at least 4 members (excludes halogenated alkanes) is 15. The number of allylic oxidation sites excluding steroid dienone is 20. The van der Waals surface area contributed by atoms with Crippen LogP contribution in [-0.4, -0.2) is 37.2 Å². The molecule has 0 bridgehead atoms. The number of ether oxygens (including phenoxy) is 3. The number of rotatable bonds is 41. The van der Waals surface area contributed by atoms with Crippen LogP contribution in [0.15, 0.2) is 122 Å². The largest absolute Gasteiger partial charge is 0.462 e. The average molecular weight is 843 g/mol. The fourth-order valence-corrected chi connectivity index (χ4v) is 6.05. The summed E-state index contributed by atoms with van der Waals surface area (Å²) in [6, 6.07) is 0. The molecule has 61 heavy (non-hydrogen) atoms. The summed E-state index contributed by atoms with van der Waals surface area (Å²) in [6.45, 7) is 6.27. The Labute approximate surface area is 373 Å². The predicted molar refractivity (Wildman–Crippen MR) is 260 cm³/mol. The molecule has 1 atom stereocenters. The number of carbonyl (C=O) groups is 3. The van der Waals surface area contributed by atoms with Gasteiger partial charge in [0.1, 0.15) is 13.2 Å². The molecule has 0 saturated heterocycles. The first kappa shape index (κ1) is 56.8. The topological polar surface area (TPSA) is 78.9 Å². The minimum atomic E-state index is -0.814. The Morgan fingerprint density at radius 2 is 0.721 bits per heavy atom. The van der Waals surface area contributed by atoms with E-state index in [1.807, 2.05) is 60.8 Å². The minimum Gasteiger partial charge on any atom is -0.462 e. The van der Waals surface area contributed by atoms with Gasteiger partial charge in [0.05, 0.1) is 0 Å². The maximum atomic E-state index is 12.8. The van der Waals surface area contributed by atoms with Crippen molar-refractivity contribution in [2.45, 2.75) is 194 Å². The molecule has 1 unspecified atom stereocenters. The van der Waals surface area contributed by atoms with E-state index in [1.165, 1.54) is 44.9 Å². The van der Waals surface area contributed by atoms with E-state index in [9.17, 15) is 14.4 Å². The van der Waals surface area contributed by atoms with Crippen molar-refractivity contribution in [3.63, 3.8) is 0 Å². The summed E-state index contributed by atoms with van der Waals surface area (Å²) in [6.07, 6.45) is 66.0. The Kier molecular flexibility index (Phi) is 45.1. The molecule has 0 aromatic carbocycles. The van der Waals surface area contributed by atoms with E-state index >= 15 is 0 Å². The van der Waals surface area contributed by atoms with E-state index in [4.69, 9.17) is 14.2 Å². The summed E-state index contributed by atoms with van der Waals surface area (Å²) in [5.41, 5.74) is 0. The SMILES string of the molecule is CC\C=C/C=C\C=C/C=C\C=C\C=C/CCCCCC(=O)OCC(COC(=O)CCCCCCCCCCCC)OC(=O)CCCCC/C=C\C/C=C\C/C=C\C/C=C\CC. The Hall–Kier alpha value is -4.19. The Morgan fingerprint density at radius 1 is 0.361 bits per heavy atom. The molecule has 0 fully saturated rings. The lowest BCUT2D eigenvalue weighted by Crippen LogP contribution is -2.30. The van der Waals surface area contributed by atoms with Crippen LogP contribution >= 0.6 is 0 Å². The normalized spacial score (nSPS) is 13.2. The first-order valence-electron chi connectivity index (χ1n) is 24.1. The lowest BCUT2D eigenvalue weighted by molar-refractivity contribution is -0.167. The second-order valence-corrected chi connectivity index (χ2v) is 15.4. The van der Waals surface area contributed by atoms with Crippen LogP contribution in [0.25, 0.3) is 0 Å². The van der Waals surface area contributed by atoms with Crippen LogP contribution in [0.5, 0.6) is 0 Å². The lowest BCUT2D eigenvalue weighted by Gasteiger charge is -2.18. The van der Waals surface area contributed by atoms with Gasteiger partial charge >= 0.3 is 17.9 Å². The third-order valence-electron chi connectivity index (χ3n) is 9.62. The van der Waals surface area contributed by atoms with Crippen molar-refractivity contribution >= 4 is 17.9 Å². The molecule has 0 aliphatic rings. The Morgan fingerprint density at radius 3 is 1.20 bits per heavy atom. The van der Waals surface area contributed by atoms with Gasteiger partial charge in [-0.25, -0.2) is 0 Å². The zero-order valence-corrected chi connectivity index (χ0v) is 38.9. The van der Waals surface area contributed by atoms with E-state index in [0.717, 1.165) is 96.3 Å². The summed E-state index contributed by atoms with van der Waals surface area (Å²) in [5, 5.41) is 0. The van der Waals surface area contributed by atoms with Crippen molar-refractivity contribution in [1.82, 2.24) is 0 Å². The van der Waals surface area contributed by atoms with E-state index in [-0.39, 0.29) is 37.5 Å². The van der Waals surface area contributed by atoms with Gasteiger partial charge in [0.15, 0.2) is 6.10 Å². The van der Waals surface area contributed by atoms with Crippen LogP contribution in [0.4, 0.5) is 0 Å². The van der Waals surface area contributed by atoms with E-state index < -0.39 is 6.10 Å². The Balaban J connectivity index is 4.55. The fourth-order valence-electron chi connectivity index (χ4n) is 6.05. The maximum Gasteiger partial charge on any atom is 0.306 e. The quantitative estimate of drug-likeness (QED) is 0.0201. The molecule has 0 N–H and O–H groups in total. The minimum absolute atomic E-state index is 0.108. The summed E-state index contributed by atoms with van der Waals surface area (Å²) >= 11 is 0. The summed E-state index contributed by atoms with van der Waals surface area (Å²) in [5.74, 6) is -0.997. The molecule has 0 aliphatic heterocycles. The highest BCUT2D eigenvalue weighted by Gasteiger charge is 2.19. The maximum absolute atomic E-state index is 12.8. The highest BCUT2D eigenvalue weighted by Crippen LogP contribution is 2.13. The standard InChI is InChI=1S/C55H86O6/c1-4-7-10-13-16-19-22-24-26-28-30-31-33-36-39-42-45-48-54(57)60-51-52(50-59-53(56)47-44-41-38-35-21-18-15-12-9-6-3)61-55(58)49-46-43-40-37-34-32-29-27-25-23-20-17-14-11-8-5-2/h7-8,10-11,13,16-17,19-20,22,24-28,30-34,52H,4-6,9,12,14-15,18,21,23,29,35-51H2,1-3H3/b10-7-,11-8-,16-13-,20-17-,22-19-,26-24-,27-25-,30-28+,33-31-,34-32-. The molecule has 0 aliphatic carbocycles. The summed E-state index contributed by atoms with van der Waals surface area (Å²) < 4.78 is 16.7. The van der Waals surface area contributed by atoms with Gasteiger partial charge in [-0.3, -0.25) is 14.4 Å². The Bertz CT molecular complexity index is 1340. The van der Waals surface area contributed by atoms with Crippen molar-refractivity contribution < 1.29 is 28.6 Å². The van der Waals surface area contributed by atoms with Crippen molar-refractivity contribution in [2.75, 3.05) is 13.2 Å². The van der Waals surface area contributed by atoms with E-state index in [2.05, 4.69) is 81.5 Å². The van der Waals surface area contributed by atoms with Gasteiger partial charge in [-0.05, 0) is 77.0 Å². The molecule has 6 nitrogen and oxygen atoms in total. The van der Waals surface area contributed by atoms with Crippen molar-refractivity contribution in [1.29, 1.82) is 0 Å². The van der Waals surface area contributed by atoms with Crippen LogP contribution in [0.3, 0.4) is 0 Å². The average Bonchev–Trinajstić information content (AvgIpc) is 3.26. The molecule has 0 aromatic rings. The van der Waals surface area contributed by atoms with Gasteiger partial charge in [-0.1, -0.05) is 213 Å². The third-order valence-corrected chi connectivity index (χ3v) is 9.62. The molecule has 342 valence electrons. The first-order chi connectivity index (χ1) is 30.0. The molecule has 0 saturated carbocycles. The summed E-state index contributed by atoms with van der Waals surface area (Å²) in [7, 11) is 0. The zero-order chi connectivity index (χ0) is 44.4. The number of hydrogen-bond donors (Lipinski definition) is 0. The van der Waals surface area contributed by atoms with Crippen molar-refractivity contribution in [3.05, 3.63) is 122 Å². The highest BCUT2D eigenvalue weighted by molar-refractivity contribution is 5.71. The van der Waals surface area contributed by atoms with Crippen LogP contribution in [-0.2, 0) is 28.6 Å². The third kappa shape index (κ3) is 46.7. The molecular weight excluding hydrogens is 757 g/mol. The smallest absolute Gasteiger partial charge is 0.306 e. The molecule has 0 heterocycles. The van der Waals surface area contributed by atoms with Gasteiger partial charge in [0.25, 0.3) is 0 Å². The van der Waals surface area contributed by atoms with Crippen LogP contribution in [0.2, 0.25) is 0 Å².